The van der Waals surface area contributed by atoms with Gasteiger partial charge in [0.25, 0.3) is 0 Å². The molecular formula is C11H14ClNO. The average Bonchev–Trinajstić information content (AvgIpc) is 2.46. The maximum atomic E-state index is 5.92. The van der Waals surface area contributed by atoms with E-state index in [1.807, 2.05) is 38.1 Å². The van der Waals surface area contributed by atoms with Crippen molar-refractivity contribution in [3.8, 4) is 0 Å². The lowest BCUT2D eigenvalue weighted by molar-refractivity contribution is -0.0240. The predicted octanol–water partition coefficient (Wildman–Crippen LogP) is 2.74. The van der Waals surface area contributed by atoms with Gasteiger partial charge in [-0.1, -0.05) is 23.7 Å². The van der Waals surface area contributed by atoms with Crippen LogP contribution < -0.4 is 5.32 Å². The summed E-state index contributed by atoms with van der Waals surface area (Å²) in [5, 5.41) is 4.06. The van der Waals surface area contributed by atoms with Crippen LogP contribution in [0.3, 0.4) is 0 Å². The molecule has 2 rings (SSSR count). The maximum Gasteiger partial charge on any atom is 0.114 e. The molecule has 0 bridgehead atoms. The molecule has 1 saturated heterocycles. The molecule has 1 aromatic carbocycles. The Balaban J connectivity index is 2.17. The fourth-order valence-corrected chi connectivity index (χ4v) is 1.87. The van der Waals surface area contributed by atoms with Gasteiger partial charge in [-0.25, -0.2) is 0 Å². The van der Waals surface area contributed by atoms with Crippen LogP contribution in [-0.4, -0.2) is 12.3 Å². The zero-order valence-corrected chi connectivity index (χ0v) is 9.14. The van der Waals surface area contributed by atoms with Crippen LogP contribution in [0.4, 0.5) is 0 Å². The highest BCUT2D eigenvalue weighted by atomic mass is 35.5. The number of ether oxygens (including phenoxy) is 1. The van der Waals surface area contributed by atoms with Gasteiger partial charge in [0.2, 0.25) is 0 Å². The Morgan fingerprint density at radius 3 is 2.86 bits per heavy atom. The van der Waals surface area contributed by atoms with Crippen LogP contribution in [0.5, 0.6) is 0 Å². The second-order valence-electron chi connectivity index (χ2n) is 4.05. The van der Waals surface area contributed by atoms with Gasteiger partial charge in [0.05, 0.1) is 6.10 Å². The molecular weight excluding hydrogens is 198 g/mol. The van der Waals surface area contributed by atoms with Crippen molar-refractivity contribution in [3.05, 3.63) is 34.9 Å². The molecule has 76 valence electrons. The van der Waals surface area contributed by atoms with Crippen LogP contribution in [0, 0.1) is 0 Å². The molecule has 0 aromatic heterocycles. The molecule has 1 aliphatic rings. The molecule has 0 amide bonds. The van der Waals surface area contributed by atoms with E-state index in [9.17, 15) is 0 Å². The molecule has 14 heavy (non-hydrogen) atoms. The lowest BCUT2D eigenvalue weighted by Crippen LogP contribution is -2.33. The largest absolute Gasteiger partial charge is 0.352 e. The molecule has 3 heteroatoms. The summed E-state index contributed by atoms with van der Waals surface area (Å²) in [6, 6.07) is 7.82. The molecule has 0 spiro atoms. The highest BCUT2D eigenvalue weighted by Crippen LogP contribution is 2.29. The van der Waals surface area contributed by atoms with E-state index in [2.05, 4.69) is 5.32 Å². The molecule has 1 unspecified atom stereocenters. The van der Waals surface area contributed by atoms with Crippen LogP contribution in [-0.2, 0) is 4.74 Å². The highest BCUT2D eigenvalue weighted by molar-refractivity contribution is 6.30. The topological polar surface area (TPSA) is 21.3 Å². The summed E-state index contributed by atoms with van der Waals surface area (Å²) in [6.07, 6.45) is 0.115. The van der Waals surface area contributed by atoms with Crippen molar-refractivity contribution in [1.29, 1.82) is 0 Å². The Labute approximate surface area is 89.2 Å². The van der Waals surface area contributed by atoms with Gasteiger partial charge in [-0.05, 0) is 31.5 Å². The lowest BCUT2D eigenvalue weighted by atomic mass is 10.1. The summed E-state index contributed by atoms with van der Waals surface area (Å²) in [5.74, 6) is 0. The summed E-state index contributed by atoms with van der Waals surface area (Å²) in [7, 11) is 0. The van der Waals surface area contributed by atoms with E-state index in [1.54, 1.807) is 0 Å². The molecule has 1 atom stereocenters. The third kappa shape index (κ3) is 2.08. The van der Waals surface area contributed by atoms with E-state index in [0.29, 0.717) is 0 Å². The van der Waals surface area contributed by atoms with Crippen molar-refractivity contribution in [3.63, 3.8) is 0 Å². The van der Waals surface area contributed by atoms with Gasteiger partial charge in [-0.3, -0.25) is 5.32 Å². The second-order valence-corrected chi connectivity index (χ2v) is 4.49. The fourth-order valence-electron chi connectivity index (χ4n) is 1.67. The third-order valence-electron chi connectivity index (χ3n) is 2.37. The number of nitrogens with one attached hydrogen (secondary N) is 1. The standard InChI is InChI=1S/C11H14ClNO/c1-11(2)13-7-10(14-11)8-4-3-5-9(12)6-8/h3-6,10,13H,7H2,1-2H3. The fraction of sp³-hybridized carbons (Fsp3) is 0.455. The first-order valence-corrected chi connectivity index (χ1v) is 5.13. The summed E-state index contributed by atoms with van der Waals surface area (Å²) in [6.45, 7) is 4.89. The molecule has 1 aromatic rings. The minimum Gasteiger partial charge on any atom is -0.352 e. The monoisotopic (exact) mass is 211 g/mol. The zero-order chi connectivity index (χ0) is 10.2. The van der Waals surface area contributed by atoms with Gasteiger partial charge in [0.1, 0.15) is 5.72 Å². The van der Waals surface area contributed by atoms with Crippen LogP contribution in [0.25, 0.3) is 0 Å². The van der Waals surface area contributed by atoms with E-state index in [1.165, 1.54) is 0 Å². The van der Waals surface area contributed by atoms with Crippen molar-refractivity contribution in [2.24, 2.45) is 0 Å². The number of halogens is 1. The van der Waals surface area contributed by atoms with Gasteiger partial charge < -0.3 is 4.74 Å². The zero-order valence-electron chi connectivity index (χ0n) is 8.38. The molecule has 0 radical (unpaired) electrons. The van der Waals surface area contributed by atoms with Gasteiger partial charge in [0, 0.05) is 11.6 Å². The quantitative estimate of drug-likeness (QED) is 0.772. The Hall–Kier alpha value is -0.570. The van der Waals surface area contributed by atoms with Gasteiger partial charge in [-0.15, -0.1) is 0 Å². The molecule has 0 saturated carbocycles. The van der Waals surface area contributed by atoms with Crippen molar-refractivity contribution in [1.82, 2.24) is 5.32 Å². The van der Waals surface area contributed by atoms with Crippen molar-refractivity contribution in [2.75, 3.05) is 6.54 Å². The van der Waals surface area contributed by atoms with E-state index >= 15 is 0 Å². The minimum absolute atomic E-state index is 0.115. The van der Waals surface area contributed by atoms with Crippen molar-refractivity contribution in [2.45, 2.75) is 25.7 Å². The van der Waals surface area contributed by atoms with Crippen LogP contribution in [0.2, 0.25) is 5.02 Å². The van der Waals surface area contributed by atoms with E-state index in [-0.39, 0.29) is 11.8 Å². The number of hydrogen-bond acceptors (Lipinski definition) is 2. The Kier molecular flexibility index (Phi) is 2.52. The summed E-state index contributed by atoms with van der Waals surface area (Å²) in [4.78, 5) is 0. The Morgan fingerprint density at radius 2 is 2.29 bits per heavy atom. The number of benzene rings is 1. The minimum atomic E-state index is -0.229. The Morgan fingerprint density at radius 1 is 1.50 bits per heavy atom. The molecule has 1 N–H and O–H groups in total. The van der Waals surface area contributed by atoms with Crippen molar-refractivity contribution >= 4 is 11.6 Å². The van der Waals surface area contributed by atoms with Crippen LogP contribution in [0.1, 0.15) is 25.5 Å². The van der Waals surface area contributed by atoms with Crippen LogP contribution >= 0.6 is 11.6 Å². The van der Waals surface area contributed by atoms with Gasteiger partial charge in [0.15, 0.2) is 0 Å². The first-order valence-electron chi connectivity index (χ1n) is 4.75. The second kappa shape index (κ2) is 3.54. The molecule has 1 heterocycles. The predicted molar refractivity (Wildman–Crippen MR) is 57.4 cm³/mol. The highest BCUT2D eigenvalue weighted by Gasteiger charge is 2.31. The third-order valence-corrected chi connectivity index (χ3v) is 2.61. The normalized spacial score (nSPS) is 25.2. The summed E-state index contributed by atoms with van der Waals surface area (Å²) < 4.78 is 5.82. The van der Waals surface area contributed by atoms with E-state index < -0.39 is 0 Å². The first kappa shape index (κ1) is 9.97. The molecule has 2 nitrogen and oxygen atoms in total. The summed E-state index contributed by atoms with van der Waals surface area (Å²) >= 11 is 5.92. The van der Waals surface area contributed by atoms with Gasteiger partial charge in [-0.2, -0.15) is 0 Å². The molecule has 0 aliphatic carbocycles. The first-order chi connectivity index (χ1) is 6.57. The van der Waals surface area contributed by atoms with Crippen molar-refractivity contribution < 1.29 is 4.74 Å². The maximum absolute atomic E-state index is 5.92. The van der Waals surface area contributed by atoms with E-state index in [0.717, 1.165) is 17.1 Å². The number of hydrogen-bond donors (Lipinski definition) is 1. The summed E-state index contributed by atoms with van der Waals surface area (Å²) in [5.41, 5.74) is 0.906. The molecule has 1 fully saturated rings. The van der Waals surface area contributed by atoms with E-state index in [4.69, 9.17) is 16.3 Å². The lowest BCUT2D eigenvalue weighted by Gasteiger charge is -2.18. The average molecular weight is 212 g/mol. The SMILES string of the molecule is CC1(C)NCC(c2cccc(Cl)c2)O1. The van der Waals surface area contributed by atoms with Gasteiger partial charge >= 0.3 is 0 Å². The smallest absolute Gasteiger partial charge is 0.114 e. The molecule has 1 aliphatic heterocycles. The number of rotatable bonds is 1. The van der Waals surface area contributed by atoms with Crippen LogP contribution in [0.15, 0.2) is 24.3 Å². The Bertz CT molecular complexity index is 338.